The Morgan fingerprint density at radius 1 is 0.963 bits per heavy atom. The molecule has 1 saturated heterocycles. The van der Waals surface area contributed by atoms with Crippen molar-refractivity contribution < 1.29 is 8.42 Å². The van der Waals surface area contributed by atoms with Gasteiger partial charge >= 0.3 is 0 Å². The summed E-state index contributed by atoms with van der Waals surface area (Å²) in [5, 5.41) is 1.96. The lowest BCUT2D eigenvalue weighted by Crippen LogP contribution is -2.48. The molecule has 0 unspecified atom stereocenters. The molecule has 0 aromatic heterocycles. The summed E-state index contributed by atoms with van der Waals surface area (Å²) in [4.78, 5) is 4.59. The summed E-state index contributed by atoms with van der Waals surface area (Å²) in [6.45, 7) is 4.76. The predicted molar refractivity (Wildman–Crippen MR) is 113 cm³/mol. The monoisotopic (exact) mass is 405 g/mol. The quantitative estimate of drug-likeness (QED) is 0.769. The first-order valence-electron chi connectivity index (χ1n) is 8.97. The SMILES string of the molecule is O=S(=O)(/C=C/c1ccccc1)NCCN1CCN(c2ccc(Cl)cc2)CC1. The van der Waals surface area contributed by atoms with Crippen molar-refractivity contribution in [2.75, 3.05) is 44.2 Å². The first-order chi connectivity index (χ1) is 13.0. The fourth-order valence-electron chi connectivity index (χ4n) is 3.01. The fourth-order valence-corrected chi connectivity index (χ4v) is 3.94. The van der Waals surface area contributed by atoms with E-state index in [-0.39, 0.29) is 0 Å². The van der Waals surface area contributed by atoms with E-state index >= 15 is 0 Å². The number of benzene rings is 2. The van der Waals surface area contributed by atoms with Crippen LogP contribution >= 0.6 is 11.6 Å². The van der Waals surface area contributed by atoms with Crippen molar-refractivity contribution in [2.45, 2.75) is 0 Å². The second-order valence-corrected chi connectivity index (χ2v) is 8.55. The standard InChI is InChI=1S/C20H24ClN3O2S/c21-19-6-8-20(9-7-19)24-15-13-23(14-16-24)12-11-22-27(25,26)17-10-18-4-2-1-3-5-18/h1-10,17,22H,11-16H2/b17-10+. The molecule has 2 aromatic carbocycles. The zero-order valence-corrected chi connectivity index (χ0v) is 16.7. The lowest BCUT2D eigenvalue weighted by molar-refractivity contribution is 0.262. The predicted octanol–water partition coefficient (Wildman–Crippen LogP) is 3.05. The summed E-state index contributed by atoms with van der Waals surface area (Å²) < 4.78 is 26.8. The van der Waals surface area contributed by atoms with Gasteiger partial charge < -0.3 is 4.90 Å². The Labute approximate surface area is 166 Å². The van der Waals surface area contributed by atoms with Gasteiger partial charge in [-0.3, -0.25) is 4.90 Å². The van der Waals surface area contributed by atoms with Crippen molar-refractivity contribution in [1.29, 1.82) is 0 Å². The smallest absolute Gasteiger partial charge is 0.233 e. The Hall–Kier alpha value is -1.86. The molecule has 0 atom stereocenters. The zero-order chi connectivity index (χ0) is 19.1. The highest BCUT2D eigenvalue weighted by atomic mass is 35.5. The van der Waals surface area contributed by atoms with Gasteiger partial charge in [-0.15, -0.1) is 0 Å². The molecule has 0 bridgehead atoms. The molecule has 7 heteroatoms. The summed E-state index contributed by atoms with van der Waals surface area (Å²) in [5.41, 5.74) is 2.03. The number of piperazine rings is 1. The van der Waals surface area contributed by atoms with Crippen LogP contribution in [0.4, 0.5) is 5.69 Å². The van der Waals surface area contributed by atoms with E-state index in [4.69, 9.17) is 11.6 Å². The van der Waals surface area contributed by atoms with E-state index in [0.29, 0.717) is 13.1 Å². The molecule has 0 saturated carbocycles. The van der Waals surface area contributed by atoms with E-state index in [1.165, 1.54) is 11.1 Å². The Kier molecular flexibility index (Phi) is 6.90. The van der Waals surface area contributed by atoms with Crippen LogP contribution in [0.25, 0.3) is 6.08 Å². The Morgan fingerprint density at radius 2 is 1.63 bits per heavy atom. The number of sulfonamides is 1. The van der Waals surface area contributed by atoms with Gasteiger partial charge in [0.2, 0.25) is 10.0 Å². The average molecular weight is 406 g/mol. The van der Waals surface area contributed by atoms with Gasteiger partial charge in [-0.05, 0) is 35.9 Å². The highest BCUT2D eigenvalue weighted by molar-refractivity contribution is 7.92. The van der Waals surface area contributed by atoms with Crippen LogP contribution < -0.4 is 9.62 Å². The number of nitrogens with one attached hydrogen (secondary N) is 1. The lowest BCUT2D eigenvalue weighted by atomic mass is 10.2. The number of halogens is 1. The largest absolute Gasteiger partial charge is 0.369 e. The van der Waals surface area contributed by atoms with Crippen LogP contribution in [-0.4, -0.2) is 52.6 Å². The third-order valence-corrected chi connectivity index (χ3v) is 5.89. The molecule has 144 valence electrons. The molecule has 5 nitrogen and oxygen atoms in total. The van der Waals surface area contributed by atoms with Crippen LogP contribution in [0.5, 0.6) is 0 Å². The van der Waals surface area contributed by atoms with Crippen molar-refractivity contribution in [3.05, 3.63) is 70.6 Å². The van der Waals surface area contributed by atoms with Crippen molar-refractivity contribution in [3.8, 4) is 0 Å². The van der Waals surface area contributed by atoms with Crippen LogP contribution in [0.15, 0.2) is 60.0 Å². The van der Waals surface area contributed by atoms with Crippen LogP contribution in [-0.2, 0) is 10.0 Å². The molecule has 1 aliphatic heterocycles. The van der Waals surface area contributed by atoms with E-state index in [0.717, 1.165) is 36.8 Å². The molecule has 3 rings (SSSR count). The fraction of sp³-hybridized carbons (Fsp3) is 0.300. The molecular weight excluding hydrogens is 382 g/mol. The molecule has 1 heterocycles. The van der Waals surface area contributed by atoms with E-state index in [1.807, 2.05) is 54.6 Å². The van der Waals surface area contributed by atoms with Crippen molar-refractivity contribution >= 4 is 33.4 Å². The molecule has 27 heavy (non-hydrogen) atoms. The summed E-state index contributed by atoms with van der Waals surface area (Å²) >= 11 is 5.94. The second kappa shape index (κ2) is 9.37. The first kappa shape index (κ1) is 19.9. The third-order valence-electron chi connectivity index (χ3n) is 4.53. The number of nitrogens with zero attached hydrogens (tertiary/aromatic N) is 2. The van der Waals surface area contributed by atoms with Gasteiger partial charge in [0.15, 0.2) is 0 Å². The highest BCUT2D eigenvalue weighted by Crippen LogP contribution is 2.19. The molecule has 1 fully saturated rings. The van der Waals surface area contributed by atoms with Gasteiger partial charge in [-0.2, -0.15) is 0 Å². The zero-order valence-electron chi connectivity index (χ0n) is 15.1. The van der Waals surface area contributed by atoms with Gasteiger partial charge in [0.05, 0.1) is 0 Å². The minimum absolute atomic E-state index is 0.405. The van der Waals surface area contributed by atoms with E-state index < -0.39 is 10.0 Å². The Morgan fingerprint density at radius 3 is 2.30 bits per heavy atom. The van der Waals surface area contributed by atoms with E-state index in [9.17, 15) is 8.42 Å². The number of hydrogen-bond acceptors (Lipinski definition) is 4. The summed E-state index contributed by atoms with van der Waals surface area (Å²) in [6.07, 6.45) is 1.60. The van der Waals surface area contributed by atoms with E-state index in [1.54, 1.807) is 6.08 Å². The maximum atomic E-state index is 12.1. The van der Waals surface area contributed by atoms with Gasteiger partial charge in [0.25, 0.3) is 0 Å². The normalized spacial score (nSPS) is 16.1. The number of rotatable bonds is 7. The topological polar surface area (TPSA) is 52.7 Å². The van der Waals surface area contributed by atoms with Crippen LogP contribution in [0, 0.1) is 0 Å². The maximum Gasteiger partial charge on any atom is 0.233 e. The van der Waals surface area contributed by atoms with Crippen molar-refractivity contribution in [1.82, 2.24) is 9.62 Å². The van der Waals surface area contributed by atoms with Gasteiger partial charge in [0.1, 0.15) is 0 Å². The molecule has 1 N–H and O–H groups in total. The minimum Gasteiger partial charge on any atom is -0.369 e. The van der Waals surface area contributed by atoms with Gasteiger partial charge in [-0.25, -0.2) is 13.1 Å². The number of hydrogen-bond donors (Lipinski definition) is 1. The van der Waals surface area contributed by atoms with Crippen molar-refractivity contribution in [2.24, 2.45) is 0 Å². The van der Waals surface area contributed by atoms with Crippen LogP contribution in [0.2, 0.25) is 5.02 Å². The second-order valence-electron chi connectivity index (χ2n) is 6.46. The van der Waals surface area contributed by atoms with Gasteiger partial charge in [0, 0.05) is 55.4 Å². The summed E-state index contributed by atoms with van der Waals surface area (Å²) in [7, 11) is -3.42. The van der Waals surface area contributed by atoms with Crippen LogP contribution in [0.3, 0.4) is 0 Å². The minimum atomic E-state index is -3.42. The summed E-state index contributed by atoms with van der Waals surface area (Å²) in [6, 6.07) is 17.3. The molecule has 0 aliphatic carbocycles. The molecule has 0 amide bonds. The van der Waals surface area contributed by atoms with Gasteiger partial charge in [-0.1, -0.05) is 41.9 Å². The number of anilines is 1. The highest BCUT2D eigenvalue weighted by Gasteiger charge is 2.17. The molecule has 0 radical (unpaired) electrons. The average Bonchev–Trinajstić information content (AvgIpc) is 2.68. The Bertz CT molecular complexity index is 847. The molecular formula is C20H24ClN3O2S. The first-order valence-corrected chi connectivity index (χ1v) is 10.9. The molecule has 1 aliphatic rings. The van der Waals surface area contributed by atoms with Crippen molar-refractivity contribution in [3.63, 3.8) is 0 Å². The molecule has 0 spiro atoms. The third kappa shape index (κ3) is 6.36. The Balaban J connectivity index is 1.41. The van der Waals surface area contributed by atoms with Crippen LogP contribution in [0.1, 0.15) is 5.56 Å². The summed E-state index contributed by atoms with van der Waals surface area (Å²) in [5.74, 6) is 0. The maximum absolute atomic E-state index is 12.1. The van der Waals surface area contributed by atoms with E-state index in [2.05, 4.69) is 14.5 Å². The molecule has 2 aromatic rings. The lowest BCUT2D eigenvalue weighted by Gasteiger charge is -2.36.